The highest BCUT2D eigenvalue weighted by molar-refractivity contribution is 6.17. The van der Waals surface area contributed by atoms with Crippen LogP contribution >= 0.6 is 11.6 Å². The molecule has 0 fully saturated rings. The van der Waals surface area contributed by atoms with Crippen LogP contribution in [0.25, 0.3) is 0 Å². The van der Waals surface area contributed by atoms with E-state index in [-0.39, 0.29) is 5.91 Å². The lowest BCUT2D eigenvalue weighted by molar-refractivity contribution is -0.116. The minimum absolute atomic E-state index is 0.0160. The summed E-state index contributed by atoms with van der Waals surface area (Å²) in [5.74, 6) is 1.85. The maximum Gasteiger partial charge on any atom is 0.224 e. The summed E-state index contributed by atoms with van der Waals surface area (Å²) in [7, 11) is 1.59. The maximum atomic E-state index is 11.7. The Bertz CT molecular complexity index is 410. The van der Waals surface area contributed by atoms with Crippen molar-refractivity contribution in [3.63, 3.8) is 0 Å². The number of nitrogens with one attached hydrogen (secondary N) is 1. The molecule has 0 saturated carbocycles. The topological polar surface area (TPSA) is 47.6 Å². The number of unbranched alkanes of at least 4 members (excludes halogenated alkanes) is 1. The third kappa shape index (κ3) is 5.39. The molecule has 0 atom stereocenters. The van der Waals surface area contributed by atoms with E-state index in [0.29, 0.717) is 36.1 Å². The fourth-order valence-electron chi connectivity index (χ4n) is 1.63. The summed E-state index contributed by atoms with van der Waals surface area (Å²) in [5, 5.41) is 2.83. The van der Waals surface area contributed by atoms with Gasteiger partial charge in [0.2, 0.25) is 5.91 Å². The van der Waals surface area contributed by atoms with Gasteiger partial charge in [-0.25, -0.2) is 0 Å². The molecule has 0 bridgehead atoms. The van der Waals surface area contributed by atoms with Crippen molar-refractivity contribution in [3.05, 3.63) is 18.2 Å². The summed E-state index contributed by atoms with van der Waals surface area (Å²) in [6, 6.07) is 5.34. The van der Waals surface area contributed by atoms with Crippen LogP contribution in [0.15, 0.2) is 18.2 Å². The lowest BCUT2D eigenvalue weighted by Gasteiger charge is -2.11. The molecule has 5 heteroatoms. The highest BCUT2D eigenvalue weighted by atomic mass is 35.5. The average Bonchev–Trinajstić information content (AvgIpc) is 2.40. The van der Waals surface area contributed by atoms with Crippen LogP contribution in [0.4, 0.5) is 5.69 Å². The predicted octanol–water partition coefficient (Wildman–Crippen LogP) is 3.44. The van der Waals surface area contributed by atoms with Crippen molar-refractivity contribution in [2.24, 2.45) is 0 Å². The molecular weight excluding hydrogens is 266 g/mol. The molecule has 1 amide bonds. The van der Waals surface area contributed by atoms with Gasteiger partial charge in [0.05, 0.1) is 13.7 Å². The van der Waals surface area contributed by atoms with Crippen LogP contribution in [0, 0.1) is 0 Å². The van der Waals surface area contributed by atoms with Crippen LogP contribution in [0.2, 0.25) is 0 Å². The summed E-state index contributed by atoms with van der Waals surface area (Å²) >= 11 is 5.57. The number of ether oxygens (including phenoxy) is 2. The van der Waals surface area contributed by atoms with Crippen LogP contribution in [-0.2, 0) is 4.79 Å². The quantitative estimate of drug-likeness (QED) is 0.588. The number of alkyl halides is 1. The van der Waals surface area contributed by atoms with E-state index in [2.05, 4.69) is 5.32 Å². The Morgan fingerprint density at radius 1 is 1.32 bits per heavy atom. The van der Waals surface area contributed by atoms with Gasteiger partial charge in [-0.3, -0.25) is 4.79 Å². The lowest BCUT2D eigenvalue weighted by atomic mass is 10.2. The molecular formula is C14H20ClNO3. The lowest BCUT2D eigenvalue weighted by Crippen LogP contribution is -2.11. The second kappa shape index (κ2) is 8.64. The third-order valence-corrected chi connectivity index (χ3v) is 2.80. The molecule has 1 N–H and O–H groups in total. The molecule has 0 unspecified atom stereocenters. The molecule has 4 nitrogen and oxygen atoms in total. The number of hydrogen-bond acceptors (Lipinski definition) is 3. The van der Waals surface area contributed by atoms with E-state index in [1.807, 2.05) is 6.92 Å². The molecule has 19 heavy (non-hydrogen) atoms. The fourth-order valence-corrected chi connectivity index (χ4v) is 1.82. The van der Waals surface area contributed by atoms with Gasteiger partial charge in [0.25, 0.3) is 0 Å². The summed E-state index contributed by atoms with van der Waals surface area (Å²) < 4.78 is 10.6. The van der Waals surface area contributed by atoms with Crippen molar-refractivity contribution >= 4 is 23.2 Å². The standard InChI is InChI=1S/C14H20ClNO3/c1-3-19-13-10-11(7-8-12(13)18-2)16-14(17)6-4-5-9-15/h7-8,10H,3-6,9H2,1-2H3,(H,16,17). The van der Waals surface area contributed by atoms with Gasteiger partial charge in [0.1, 0.15) is 0 Å². The Morgan fingerprint density at radius 3 is 2.74 bits per heavy atom. The van der Waals surface area contributed by atoms with E-state index >= 15 is 0 Å². The minimum atomic E-state index is -0.0160. The van der Waals surface area contributed by atoms with Gasteiger partial charge in [0.15, 0.2) is 11.5 Å². The number of halogens is 1. The van der Waals surface area contributed by atoms with Crippen molar-refractivity contribution in [1.82, 2.24) is 0 Å². The Labute approximate surface area is 119 Å². The smallest absolute Gasteiger partial charge is 0.224 e. The number of carbonyl (C=O) groups excluding carboxylic acids is 1. The second-order valence-corrected chi connectivity index (χ2v) is 4.37. The van der Waals surface area contributed by atoms with Gasteiger partial charge in [-0.15, -0.1) is 11.6 Å². The number of rotatable bonds is 8. The normalized spacial score (nSPS) is 10.1. The number of carbonyl (C=O) groups is 1. The molecule has 0 aromatic heterocycles. The van der Waals surface area contributed by atoms with Crippen molar-refractivity contribution in [2.75, 3.05) is 24.9 Å². The summed E-state index contributed by atoms with van der Waals surface area (Å²) in [6.07, 6.45) is 2.12. The van der Waals surface area contributed by atoms with Gasteiger partial charge in [-0.2, -0.15) is 0 Å². The Balaban J connectivity index is 2.63. The van der Waals surface area contributed by atoms with Crippen LogP contribution in [0.5, 0.6) is 11.5 Å². The molecule has 106 valence electrons. The zero-order chi connectivity index (χ0) is 14.1. The van der Waals surface area contributed by atoms with Crippen LogP contribution in [-0.4, -0.2) is 25.5 Å². The first-order valence-corrected chi connectivity index (χ1v) is 6.91. The van der Waals surface area contributed by atoms with Crippen molar-refractivity contribution in [3.8, 4) is 11.5 Å². The third-order valence-electron chi connectivity index (χ3n) is 2.53. The van der Waals surface area contributed by atoms with Gasteiger partial charge < -0.3 is 14.8 Å². The van der Waals surface area contributed by atoms with E-state index in [4.69, 9.17) is 21.1 Å². The molecule has 1 aromatic rings. The van der Waals surface area contributed by atoms with E-state index in [9.17, 15) is 4.79 Å². The van der Waals surface area contributed by atoms with Crippen LogP contribution < -0.4 is 14.8 Å². The molecule has 1 aromatic carbocycles. The number of benzene rings is 1. The fraction of sp³-hybridized carbons (Fsp3) is 0.500. The largest absolute Gasteiger partial charge is 0.493 e. The highest BCUT2D eigenvalue weighted by Crippen LogP contribution is 2.30. The Kier molecular flexibility index (Phi) is 7.11. The minimum Gasteiger partial charge on any atom is -0.493 e. The zero-order valence-electron chi connectivity index (χ0n) is 11.4. The summed E-state index contributed by atoms with van der Waals surface area (Å²) in [5.41, 5.74) is 0.708. The second-order valence-electron chi connectivity index (χ2n) is 3.99. The monoisotopic (exact) mass is 285 g/mol. The molecule has 0 heterocycles. The van der Waals surface area contributed by atoms with Gasteiger partial charge in [-0.1, -0.05) is 0 Å². The first-order valence-electron chi connectivity index (χ1n) is 6.38. The Hall–Kier alpha value is -1.42. The highest BCUT2D eigenvalue weighted by Gasteiger charge is 2.07. The van der Waals surface area contributed by atoms with Crippen LogP contribution in [0.3, 0.4) is 0 Å². The molecule has 0 aliphatic rings. The molecule has 0 aliphatic heterocycles. The maximum absolute atomic E-state index is 11.7. The molecule has 0 spiro atoms. The van der Waals surface area contributed by atoms with Gasteiger partial charge in [-0.05, 0) is 31.9 Å². The molecule has 0 radical (unpaired) electrons. The Morgan fingerprint density at radius 2 is 2.11 bits per heavy atom. The number of methoxy groups -OCH3 is 1. The number of hydrogen-bond donors (Lipinski definition) is 1. The van der Waals surface area contributed by atoms with Gasteiger partial charge in [0, 0.05) is 24.1 Å². The van der Waals surface area contributed by atoms with E-state index in [1.165, 1.54) is 0 Å². The summed E-state index contributed by atoms with van der Waals surface area (Å²) in [6.45, 7) is 2.44. The van der Waals surface area contributed by atoms with Crippen LogP contribution in [0.1, 0.15) is 26.2 Å². The molecule has 0 saturated heterocycles. The van der Waals surface area contributed by atoms with E-state index in [1.54, 1.807) is 25.3 Å². The first kappa shape index (κ1) is 15.6. The van der Waals surface area contributed by atoms with E-state index < -0.39 is 0 Å². The van der Waals surface area contributed by atoms with Crippen molar-refractivity contribution < 1.29 is 14.3 Å². The first-order chi connectivity index (χ1) is 9.21. The molecule has 1 rings (SSSR count). The SMILES string of the molecule is CCOc1cc(NC(=O)CCCCCl)ccc1OC. The summed E-state index contributed by atoms with van der Waals surface area (Å²) in [4.78, 5) is 11.7. The zero-order valence-corrected chi connectivity index (χ0v) is 12.1. The van der Waals surface area contributed by atoms with Crippen molar-refractivity contribution in [1.29, 1.82) is 0 Å². The van der Waals surface area contributed by atoms with E-state index in [0.717, 1.165) is 12.8 Å². The number of amides is 1. The predicted molar refractivity (Wildman–Crippen MR) is 77.4 cm³/mol. The number of anilines is 1. The van der Waals surface area contributed by atoms with Gasteiger partial charge >= 0.3 is 0 Å². The molecule has 0 aliphatic carbocycles. The van der Waals surface area contributed by atoms with Crippen molar-refractivity contribution in [2.45, 2.75) is 26.2 Å². The average molecular weight is 286 g/mol.